The molecular formula is C50H29N3O. The van der Waals surface area contributed by atoms with Gasteiger partial charge in [-0.3, -0.25) is 0 Å². The minimum absolute atomic E-state index is 0.524. The Balaban J connectivity index is 1.03. The molecule has 8 aromatic carbocycles. The third kappa shape index (κ3) is 3.89. The van der Waals surface area contributed by atoms with Crippen molar-refractivity contribution in [3.8, 4) is 78.8 Å². The fourth-order valence-electron chi connectivity index (χ4n) is 9.38. The summed E-state index contributed by atoms with van der Waals surface area (Å²) in [5.74, 6) is 2.24. The van der Waals surface area contributed by atoms with Crippen LogP contribution in [0.3, 0.4) is 0 Å². The largest absolute Gasteiger partial charge is 0.457 e. The summed E-state index contributed by atoms with van der Waals surface area (Å²) in [6, 6.07) is 62.4. The Morgan fingerprint density at radius 1 is 0.370 bits per heavy atom. The Kier molecular flexibility index (Phi) is 5.95. The SMILES string of the molecule is c1ccc(-c2nc(-c3ccc4c(c3)-c3cccc5cccc-4c35)nnc2-c2ccc3c(c2)Oc2ccccc2C32c3ccccc3-c3ccccc32)cc1. The zero-order valence-corrected chi connectivity index (χ0v) is 29.0. The van der Waals surface area contributed by atoms with Gasteiger partial charge in [-0.1, -0.05) is 158 Å². The number of aromatic nitrogens is 3. The Bertz CT molecular complexity index is 2990. The van der Waals surface area contributed by atoms with Gasteiger partial charge in [-0.25, -0.2) is 4.98 Å². The van der Waals surface area contributed by atoms with Crippen LogP contribution in [0.25, 0.3) is 78.1 Å². The van der Waals surface area contributed by atoms with Gasteiger partial charge in [0.2, 0.25) is 0 Å². The van der Waals surface area contributed by atoms with E-state index >= 15 is 0 Å². The van der Waals surface area contributed by atoms with Crippen molar-refractivity contribution in [2.45, 2.75) is 5.41 Å². The highest BCUT2D eigenvalue weighted by atomic mass is 16.5. The lowest BCUT2D eigenvalue weighted by Crippen LogP contribution is -2.32. The molecule has 2 heterocycles. The van der Waals surface area contributed by atoms with Gasteiger partial charge in [0.25, 0.3) is 0 Å². The fraction of sp³-hybridized carbons (Fsp3) is 0.0200. The first-order chi connectivity index (χ1) is 26.8. The van der Waals surface area contributed by atoms with E-state index in [1.165, 1.54) is 55.3 Å². The number of hydrogen-bond donors (Lipinski definition) is 0. The van der Waals surface area contributed by atoms with Crippen LogP contribution in [-0.2, 0) is 5.41 Å². The van der Waals surface area contributed by atoms with Crippen LogP contribution in [0.5, 0.6) is 11.5 Å². The van der Waals surface area contributed by atoms with Crippen LogP contribution in [0.1, 0.15) is 22.3 Å². The summed E-state index contributed by atoms with van der Waals surface area (Å²) < 4.78 is 6.82. The molecule has 0 unspecified atom stereocenters. The average Bonchev–Trinajstić information content (AvgIpc) is 3.72. The molecule has 1 aliphatic heterocycles. The molecule has 1 spiro atoms. The van der Waals surface area contributed by atoms with E-state index in [1.807, 2.05) is 24.3 Å². The highest BCUT2D eigenvalue weighted by molar-refractivity contribution is 6.15. The van der Waals surface area contributed by atoms with E-state index in [1.54, 1.807) is 0 Å². The number of hydrogen-bond acceptors (Lipinski definition) is 4. The molecule has 0 atom stereocenters. The number of rotatable bonds is 3. The van der Waals surface area contributed by atoms with Crippen LogP contribution < -0.4 is 4.74 Å². The number of para-hydroxylation sites is 1. The maximum absolute atomic E-state index is 6.82. The van der Waals surface area contributed by atoms with Gasteiger partial charge in [-0.15, -0.1) is 10.2 Å². The lowest BCUT2D eigenvalue weighted by molar-refractivity contribution is 0.436. The van der Waals surface area contributed by atoms with Crippen molar-refractivity contribution in [2.75, 3.05) is 0 Å². The molecule has 0 saturated carbocycles. The highest BCUT2D eigenvalue weighted by Crippen LogP contribution is 2.62. The second-order valence-electron chi connectivity index (χ2n) is 14.3. The summed E-state index contributed by atoms with van der Waals surface area (Å²) >= 11 is 0. The van der Waals surface area contributed by atoms with Crippen molar-refractivity contribution >= 4 is 10.8 Å². The van der Waals surface area contributed by atoms with Gasteiger partial charge in [0.15, 0.2) is 5.82 Å². The van der Waals surface area contributed by atoms with Crippen LogP contribution >= 0.6 is 0 Å². The molecule has 3 aliphatic rings. The van der Waals surface area contributed by atoms with Crippen molar-refractivity contribution in [3.05, 3.63) is 198 Å². The average molecular weight is 688 g/mol. The monoisotopic (exact) mass is 687 g/mol. The Morgan fingerprint density at radius 2 is 1.00 bits per heavy atom. The quantitative estimate of drug-likeness (QED) is 0.185. The van der Waals surface area contributed by atoms with Gasteiger partial charge < -0.3 is 4.74 Å². The van der Waals surface area contributed by atoms with E-state index in [0.717, 1.165) is 45.0 Å². The zero-order chi connectivity index (χ0) is 35.4. The molecular weight excluding hydrogens is 659 g/mol. The molecule has 54 heavy (non-hydrogen) atoms. The summed E-state index contributed by atoms with van der Waals surface area (Å²) in [7, 11) is 0. The zero-order valence-electron chi connectivity index (χ0n) is 29.0. The van der Waals surface area contributed by atoms with Crippen molar-refractivity contribution in [2.24, 2.45) is 0 Å². The second kappa shape index (κ2) is 10.9. The van der Waals surface area contributed by atoms with E-state index in [-0.39, 0.29) is 0 Å². The molecule has 9 aromatic rings. The van der Waals surface area contributed by atoms with E-state index in [9.17, 15) is 0 Å². The molecule has 4 heteroatoms. The van der Waals surface area contributed by atoms with Crippen molar-refractivity contribution < 1.29 is 4.74 Å². The van der Waals surface area contributed by atoms with Gasteiger partial charge in [-0.2, -0.15) is 0 Å². The maximum Gasteiger partial charge on any atom is 0.182 e. The summed E-state index contributed by atoms with van der Waals surface area (Å²) in [5, 5.41) is 12.3. The van der Waals surface area contributed by atoms with Crippen molar-refractivity contribution in [1.29, 1.82) is 0 Å². The molecule has 0 bridgehead atoms. The Morgan fingerprint density at radius 3 is 1.78 bits per heavy atom. The predicted octanol–water partition coefficient (Wildman–Crippen LogP) is 12.1. The maximum atomic E-state index is 6.82. The Hall–Kier alpha value is -7.17. The lowest BCUT2D eigenvalue weighted by atomic mass is 9.66. The number of fused-ring (bicyclic) bond motifs is 12. The number of nitrogens with zero attached hydrogens (tertiary/aromatic N) is 3. The third-order valence-corrected chi connectivity index (χ3v) is 11.6. The van der Waals surface area contributed by atoms with Crippen LogP contribution in [0.15, 0.2) is 176 Å². The van der Waals surface area contributed by atoms with Crippen LogP contribution in [0, 0.1) is 0 Å². The van der Waals surface area contributed by atoms with Gasteiger partial charge >= 0.3 is 0 Å². The molecule has 0 fully saturated rings. The number of benzene rings is 8. The van der Waals surface area contributed by atoms with Crippen LogP contribution in [-0.4, -0.2) is 15.2 Å². The van der Waals surface area contributed by atoms with E-state index in [2.05, 4.69) is 152 Å². The lowest BCUT2D eigenvalue weighted by Gasteiger charge is -2.39. The minimum Gasteiger partial charge on any atom is -0.457 e. The first-order valence-corrected chi connectivity index (χ1v) is 18.4. The van der Waals surface area contributed by atoms with Crippen LogP contribution in [0.2, 0.25) is 0 Å². The molecule has 12 rings (SSSR count). The van der Waals surface area contributed by atoms with Gasteiger partial charge in [-0.05, 0) is 73.5 Å². The van der Waals surface area contributed by atoms with Gasteiger partial charge in [0, 0.05) is 27.8 Å². The topological polar surface area (TPSA) is 47.9 Å². The molecule has 250 valence electrons. The minimum atomic E-state index is -0.524. The van der Waals surface area contributed by atoms with E-state index < -0.39 is 5.41 Å². The number of ether oxygens (including phenoxy) is 1. The fourth-order valence-corrected chi connectivity index (χ4v) is 9.38. The normalized spacial score (nSPS) is 13.5. The predicted molar refractivity (Wildman–Crippen MR) is 215 cm³/mol. The molecule has 0 N–H and O–H groups in total. The molecule has 2 aliphatic carbocycles. The summed E-state index contributed by atoms with van der Waals surface area (Å²) in [6.07, 6.45) is 0. The van der Waals surface area contributed by atoms with Gasteiger partial charge in [0.1, 0.15) is 22.9 Å². The standard InChI is InChI=1S/C50H29N3O/c1-2-12-31(13-3-1)47-48(52-53-49(51-47)33-24-26-34-37-18-10-14-30-15-11-19-38(46(30)37)39(34)28-33)32-25-27-43-45(29-32)54-44-23-9-8-22-42(44)50(43)40-20-6-4-16-35(40)36-17-5-7-21-41(36)50/h1-29H. The van der Waals surface area contributed by atoms with Gasteiger partial charge in [0.05, 0.1) is 5.41 Å². The van der Waals surface area contributed by atoms with E-state index in [0.29, 0.717) is 11.5 Å². The summed E-state index contributed by atoms with van der Waals surface area (Å²) in [6.45, 7) is 0. The molecule has 0 amide bonds. The molecule has 0 radical (unpaired) electrons. The first kappa shape index (κ1) is 29.4. The third-order valence-electron chi connectivity index (χ3n) is 11.6. The van der Waals surface area contributed by atoms with E-state index in [4.69, 9.17) is 19.9 Å². The molecule has 0 saturated heterocycles. The van der Waals surface area contributed by atoms with Crippen molar-refractivity contribution in [1.82, 2.24) is 15.2 Å². The summed E-state index contributed by atoms with van der Waals surface area (Å²) in [5.41, 5.74) is 16.0. The summed E-state index contributed by atoms with van der Waals surface area (Å²) in [4.78, 5) is 5.28. The van der Waals surface area contributed by atoms with Crippen LogP contribution in [0.4, 0.5) is 0 Å². The highest BCUT2D eigenvalue weighted by Gasteiger charge is 2.51. The smallest absolute Gasteiger partial charge is 0.182 e. The second-order valence-corrected chi connectivity index (χ2v) is 14.3. The molecule has 1 aromatic heterocycles. The Labute approximate surface area is 312 Å². The molecule has 4 nitrogen and oxygen atoms in total. The van der Waals surface area contributed by atoms with Crippen molar-refractivity contribution in [3.63, 3.8) is 0 Å². The first-order valence-electron chi connectivity index (χ1n) is 18.4.